The minimum absolute atomic E-state index is 0.496. The van der Waals surface area contributed by atoms with Gasteiger partial charge in [0.1, 0.15) is 5.01 Å². The van der Waals surface area contributed by atoms with Gasteiger partial charge in [-0.1, -0.05) is 18.6 Å². The summed E-state index contributed by atoms with van der Waals surface area (Å²) in [6, 6.07) is 8.88. The lowest BCUT2D eigenvalue weighted by Crippen LogP contribution is -2.26. The van der Waals surface area contributed by atoms with Gasteiger partial charge in [-0.2, -0.15) is 0 Å². The second-order valence-electron chi connectivity index (χ2n) is 4.02. The highest BCUT2D eigenvalue weighted by Gasteiger charge is 2.18. The number of thiazole rings is 1. The fourth-order valence-corrected chi connectivity index (χ4v) is 3.18. The first-order valence-electron chi connectivity index (χ1n) is 5.52. The number of hydrogen-bond acceptors (Lipinski definition) is 3. The van der Waals surface area contributed by atoms with Crippen molar-refractivity contribution < 1.29 is 0 Å². The molecule has 78 valence electrons. The molecule has 1 aromatic carbocycles. The van der Waals surface area contributed by atoms with Crippen molar-refractivity contribution >= 4 is 21.6 Å². The van der Waals surface area contributed by atoms with Gasteiger partial charge in [0.05, 0.1) is 16.3 Å². The van der Waals surface area contributed by atoms with E-state index in [2.05, 4.69) is 29.6 Å². The van der Waals surface area contributed by atoms with Crippen molar-refractivity contribution in [2.75, 3.05) is 6.54 Å². The molecule has 1 N–H and O–H groups in total. The molecule has 0 saturated carbocycles. The summed E-state index contributed by atoms with van der Waals surface area (Å²) in [5, 5.41) is 4.80. The van der Waals surface area contributed by atoms with Crippen molar-refractivity contribution in [2.45, 2.75) is 25.3 Å². The SMILES string of the molecule is c1ccc2sc([C@@H]3CCCCN3)nc2c1. The monoisotopic (exact) mass is 218 g/mol. The highest BCUT2D eigenvalue weighted by Crippen LogP contribution is 2.30. The molecule has 2 nitrogen and oxygen atoms in total. The van der Waals surface area contributed by atoms with Crippen LogP contribution in [0.15, 0.2) is 24.3 Å². The Morgan fingerprint density at radius 3 is 3.00 bits per heavy atom. The zero-order valence-electron chi connectivity index (χ0n) is 8.57. The van der Waals surface area contributed by atoms with Crippen LogP contribution in [0.1, 0.15) is 30.3 Å². The molecule has 2 aromatic rings. The van der Waals surface area contributed by atoms with E-state index in [1.54, 1.807) is 0 Å². The number of hydrogen-bond donors (Lipinski definition) is 1. The average Bonchev–Trinajstić information content (AvgIpc) is 2.74. The van der Waals surface area contributed by atoms with E-state index in [0.29, 0.717) is 6.04 Å². The van der Waals surface area contributed by atoms with Crippen LogP contribution < -0.4 is 5.32 Å². The largest absolute Gasteiger partial charge is 0.308 e. The standard InChI is InChI=1S/C12H14N2S/c1-2-7-11-9(5-1)14-12(15-11)10-6-3-4-8-13-10/h1-2,5,7,10,13H,3-4,6,8H2/t10-/m0/s1. The van der Waals surface area contributed by atoms with E-state index >= 15 is 0 Å². The lowest BCUT2D eigenvalue weighted by atomic mass is 10.1. The summed E-state index contributed by atoms with van der Waals surface area (Å²) in [6.07, 6.45) is 3.87. The minimum Gasteiger partial charge on any atom is -0.308 e. The number of piperidine rings is 1. The van der Waals surface area contributed by atoms with Gasteiger partial charge in [0.25, 0.3) is 0 Å². The van der Waals surface area contributed by atoms with Crippen LogP contribution in [0.2, 0.25) is 0 Å². The van der Waals surface area contributed by atoms with Crippen molar-refractivity contribution in [3.05, 3.63) is 29.3 Å². The zero-order chi connectivity index (χ0) is 10.1. The van der Waals surface area contributed by atoms with Gasteiger partial charge in [-0.05, 0) is 31.5 Å². The van der Waals surface area contributed by atoms with Gasteiger partial charge in [-0.15, -0.1) is 11.3 Å². The van der Waals surface area contributed by atoms with E-state index in [4.69, 9.17) is 4.98 Å². The molecule has 1 fully saturated rings. The summed E-state index contributed by atoms with van der Waals surface area (Å²) < 4.78 is 1.31. The third-order valence-electron chi connectivity index (χ3n) is 2.92. The van der Waals surface area contributed by atoms with E-state index in [9.17, 15) is 0 Å². The highest BCUT2D eigenvalue weighted by molar-refractivity contribution is 7.18. The molecule has 1 aromatic heterocycles. The number of para-hydroxylation sites is 1. The molecule has 0 unspecified atom stereocenters. The summed E-state index contributed by atoms with van der Waals surface area (Å²) in [4.78, 5) is 4.69. The Morgan fingerprint density at radius 2 is 2.20 bits per heavy atom. The Kier molecular flexibility index (Phi) is 2.43. The van der Waals surface area contributed by atoms with Crippen LogP contribution in [0.4, 0.5) is 0 Å². The Labute approximate surface area is 93.3 Å². The smallest absolute Gasteiger partial charge is 0.111 e. The molecular formula is C12H14N2S. The van der Waals surface area contributed by atoms with E-state index in [-0.39, 0.29) is 0 Å². The van der Waals surface area contributed by atoms with Crippen LogP contribution in [0.25, 0.3) is 10.2 Å². The Bertz CT molecular complexity index is 424. The molecular weight excluding hydrogens is 204 g/mol. The second-order valence-corrected chi connectivity index (χ2v) is 5.08. The van der Waals surface area contributed by atoms with E-state index < -0.39 is 0 Å². The maximum absolute atomic E-state index is 4.69. The Hall–Kier alpha value is -0.930. The summed E-state index contributed by atoms with van der Waals surface area (Å²) >= 11 is 1.83. The van der Waals surface area contributed by atoms with Crippen molar-refractivity contribution in [1.29, 1.82) is 0 Å². The maximum Gasteiger partial charge on any atom is 0.111 e. The molecule has 0 radical (unpaired) electrons. The van der Waals surface area contributed by atoms with Gasteiger partial charge < -0.3 is 5.32 Å². The van der Waals surface area contributed by atoms with Gasteiger partial charge >= 0.3 is 0 Å². The molecule has 1 aliphatic heterocycles. The number of fused-ring (bicyclic) bond motifs is 1. The number of nitrogens with one attached hydrogen (secondary N) is 1. The number of rotatable bonds is 1. The quantitative estimate of drug-likeness (QED) is 0.795. The fraction of sp³-hybridized carbons (Fsp3) is 0.417. The number of benzene rings is 1. The molecule has 1 aliphatic rings. The minimum atomic E-state index is 0.496. The van der Waals surface area contributed by atoms with Crippen LogP contribution in [-0.2, 0) is 0 Å². The first kappa shape index (κ1) is 9.31. The Morgan fingerprint density at radius 1 is 1.27 bits per heavy atom. The van der Waals surface area contributed by atoms with Gasteiger partial charge in [0, 0.05) is 0 Å². The average molecular weight is 218 g/mol. The molecule has 0 amide bonds. The molecule has 0 bridgehead atoms. The highest BCUT2D eigenvalue weighted by atomic mass is 32.1. The fourth-order valence-electron chi connectivity index (χ4n) is 2.10. The number of nitrogens with zero attached hydrogens (tertiary/aromatic N) is 1. The third-order valence-corrected chi connectivity index (χ3v) is 4.07. The first-order chi connectivity index (χ1) is 7.43. The second kappa shape index (κ2) is 3.91. The van der Waals surface area contributed by atoms with Crippen LogP contribution in [-0.4, -0.2) is 11.5 Å². The zero-order valence-corrected chi connectivity index (χ0v) is 9.39. The van der Waals surface area contributed by atoms with Crippen LogP contribution in [0, 0.1) is 0 Å². The van der Waals surface area contributed by atoms with Crippen molar-refractivity contribution in [3.8, 4) is 0 Å². The summed E-state index contributed by atoms with van der Waals surface area (Å²) in [6.45, 7) is 1.14. The third kappa shape index (κ3) is 1.77. The molecule has 0 spiro atoms. The molecule has 15 heavy (non-hydrogen) atoms. The Balaban J connectivity index is 1.96. The molecule has 2 heterocycles. The van der Waals surface area contributed by atoms with E-state index in [1.807, 2.05) is 11.3 Å². The predicted octanol–water partition coefficient (Wildman–Crippen LogP) is 3.11. The molecule has 1 saturated heterocycles. The number of aromatic nitrogens is 1. The lowest BCUT2D eigenvalue weighted by molar-refractivity contribution is 0.411. The molecule has 1 atom stereocenters. The topological polar surface area (TPSA) is 24.9 Å². The predicted molar refractivity (Wildman–Crippen MR) is 64.2 cm³/mol. The maximum atomic E-state index is 4.69. The van der Waals surface area contributed by atoms with Crippen molar-refractivity contribution in [1.82, 2.24) is 10.3 Å². The van der Waals surface area contributed by atoms with Crippen molar-refractivity contribution in [3.63, 3.8) is 0 Å². The summed E-state index contributed by atoms with van der Waals surface area (Å²) in [5.41, 5.74) is 1.14. The van der Waals surface area contributed by atoms with Gasteiger partial charge in [0.15, 0.2) is 0 Å². The van der Waals surface area contributed by atoms with E-state index in [1.165, 1.54) is 29.0 Å². The normalized spacial score (nSPS) is 22.0. The summed E-state index contributed by atoms with van der Waals surface area (Å²) in [7, 11) is 0. The van der Waals surface area contributed by atoms with E-state index in [0.717, 1.165) is 12.1 Å². The van der Waals surface area contributed by atoms with Crippen LogP contribution >= 0.6 is 11.3 Å². The molecule has 3 rings (SSSR count). The van der Waals surface area contributed by atoms with Crippen LogP contribution in [0.5, 0.6) is 0 Å². The van der Waals surface area contributed by atoms with Crippen LogP contribution in [0.3, 0.4) is 0 Å². The van der Waals surface area contributed by atoms with Gasteiger partial charge in [0.2, 0.25) is 0 Å². The summed E-state index contributed by atoms with van der Waals surface area (Å²) in [5.74, 6) is 0. The molecule has 0 aliphatic carbocycles. The van der Waals surface area contributed by atoms with Crippen molar-refractivity contribution in [2.24, 2.45) is 0 Å². The first-order valence-corrected chi connectivity index (χ1v) is 6.34. The molecule has 3 heteroatoms. The van der Waals surface area contributed by atoms with Gasteiger partial charge in [-0.25, -0.2) is 4.98 Å². The lowest BCUT2D eigenvalue weighted by Gasteiger charge is -2.20. The van der Waals surface area contributed by atoms with Gasteiger partial charge in [-0.3, -0.25) is 0 Å².